The van der Waals surface area contributed by atoms with Gasteiger partial charge in [-0.05, 0) is 45.0 Å². The van der Waals surface area contributed by atoms with Crippen LogP contribution in [0.5, 0.6) is 0 Å². The van der Waals surface area contributed by atoms with Crippen LogP contribution in [0.4, 0.5) is 0 Å². The second-order valence-electron chi connectivity index (χ2n) is 6.17. The summed E-state index contributed by atoms with van der Waals surface area (Å²) in [7, 11) is -3.61. The van der Waals surface area contributed by atoms with E-state index in [4.69, 9.17) is 0 Å². The number of hydrogen-bond acceptors (Lipinski definition) is 3. The lowest BCUT2D eigenvalue weighted by atomic mass is 10.1. The van der Waals surface area contributed by atoms with E-state index in [1.807, 2.05) is 0 Å². The number of benzene rings is 1. The Bertz CT molecular complexity index is 661. The summed E-state index contributed by atoms with van der Waals surface area (Å²) < 4.78 is 27.0. The summed E-state index contributed by atoms with van der Waals surface area (Å²) in [6, 6.07) is 5.89. The molecular formula is C17H24N2O3S. The van der Waals surface area contributed by atoms with Gasteiger partial charge in [-0.15, -0.1) is 13.2 Å². The highest BCUT2D eigenvalue weighted by Crippen LogP contribution is 2.15. The molecule has 0 radical (unpaired) electrons. The molecule has 0 heterocycles. The van der Waals surface area contributed by atoms with E-state index in [1.165, 1.54) is 24.3 Å². The van der Waals surface area contributed by atoms with Gasteiger partial charge in [0.15, 0.2) is 0 Å². The summed E-state index contributed by atoms with van der Waals surface area (Å²) in [5.41, 5.74) is -0.152. The normalized spacial score (nSPS) is 11.8. The molecule has 1 N–H and O–H groups in total. The minimum atomic E-state index is -3.61. The smallest absolute Gasteiger partial charge is 0.254 e. The molecule has 0 aliphatic carbocycles. The van der Waals surface area contributed by atoms with Crippen molar-refractivity contribution in [3.63, 3.8) is 0 Å². The van der Waals surface area contributed by atoms with E-state index in [9.17, 15) is 13.2 Å². The van der Waals surface area contributed by atoms with E-state index in [-0.39, 0.29) is 10.8 Å². The first-order valence-corrected chi connectivity index (χ1v) is 8.74. The largest absolute Gasteiger partial charge is 0.331 e. The number of carbonyl (C=O) groups excluding carboxylic acids is 1. The van der Waals surface area contributed by atoms with Crippen LogP contribution < -0.4 is 4.72 Å². The molecule has 0 saturated heterocycles. The zero-order valence-electron chi connectivity index (χ0n) is 13.9. The molecule has 0 aliphatic heterocycles. The molecule has 0 fully saturated rings. The molecule has 0 spiro atoms. The molecule has 1 amide bonds. The third-order valence-electron chi connectivity index (χ3n) is 2.84. The van der Waals surface area contributed by atoms with Gasteiger partial charge in [0.2, 0.25) is 10.0 Å². The van der Waals surface area contributed by atoms with E-state index < -0.39 is 15.6 Å². The fourth-order valence-corrected chi connectivity index (χ4v) is 3.39. The van der Waals surface area contributed by atoms with Crippen molar-refractivity contribution in [3.8, 4) is 0 Å². The topological polar surface area (TPSA) is 66.5 Å². The first kappa shape index (κ1) is 19.1. The molecule has 1 aromatic rings. The number of rotatable bonds is 7. The second kappa shape index (κ2) is 7.57. The van der Waals surface area contributed by atoms with Crippen LogP contribution >= 0.6 is 0 Å². The van der Waals surface area contributed by atoms with Crippen LogP contribution in [-0.4, -0.2) is 37.9 Å². The summed E-state index contributed by atoms with van der Waals surface area (Å²) in [5.74, 6) is -0.197. The standard InChI is InChI=1S/C17H24N2O3S/c1-6-12-19(13-7-2)16(20)14-8-10-15(11-9-14)23(21,22)18-17(3,4)5/h6-11,18H,1-2,12-13H2,3-5H3. The summed E-state index contributed by atoms with van der Waals surface area (Å²) >= 11 is 0. The van der Waals surface area contributed by atoms with Gasteiger partial charge in [-0.3, -0.25) is 4.79 Å². The number of amides is 1. The Morgan fingerprint density at radius 3 is 2.00 bits per heavy atom. The highest BCUT2D eigenvalue weighted by atomic mass is 32.2. The fraction of sp³-hybridized carbons (Fsp3) is 0.353. The van der Waals surface area contributed by atoms with Crippen molar-refractivity contribution < 1.29 is 13.2 Å². The van der Waals surface area contributed by atoms with E-state index in [1.54, 1.807) is 37.8 Å². The van der Waals surface area contributed by atoms with Gasteiger partial charge in [0, 0.05) is 24.2 Å². The number of hydrogen-bond donors (Lipinski definition) is 1. The maximum absolute atomic E-state index is 12.4. The lowest BCUT2D eigenvalue weighted by molar-refractivity contribution is 0.0790. The molecule has 1 aromatic carbocycles. The van der Waals surface area contributed by atoms with E-state index in [0.29, 0.717) is 18.7 Å². The van der Waals surface area contributed by atoms with Gasteiger partial charge >= 0.3 is 0 Å². The van der Waals surface area contributed by atoms with Gasteiger partial charge in [-0.2, -0.15) is 0 Å². The number of nitrogens with one attached hydrogen (secondary N) is 1. The van der Waals surface area contributed by atoms with Crippen LogP contribution in [0, 0.1) is 0 Å². The number of carbonyl (C=O) groups is 1. The second-order valence-corrected chi connectivity index (χ2v) is 7.85. The Hall–Kier alpha value is -1.92. The molecule has 0 saturated carbocycles. The molecule has 6 heteroatoms. The summed E-state index contributed by atoms with van der Waals surface area (Å²) in [4.78, 5) is 14.1. The molecule has 126 valence electrons. The Labute approximate surface area is 138 Å². The minimum absolute atomic E-state index is 0.128. The van der Waals surface area contributed by atoms with Gasteiger partial charge in [-0.1, -0.05) is 12.2 Å². The van der Waals surface area contributed by atoms with Crippen molar-refractivity contribution in [3.05, 3.63) is 55.1 Å². The summed E-state index contributed by atoms with van der Waals surface area (Å²) in [5, 5.41) is 0. The van der Waals surface area contributed by atoms with Gasteiger partial charge in [0.25, 0.3) is 5.91 Å². The average molecular weight is 336 g/mol. The first-order chi connectivity index (χ1) is 10.6. The van der Waals surface area contributed by atoms with Crippen molar-refractivity contribution in [2.45, 2.75) is 31.2 Å². The molecule has 5 nitrogen and oxygen atoms in total. The van der Waals surface area contributed by atoms with Gasteiger partial charge in [0.05, 0.1) is 4.90 Å². The highest BCUT2D eigenvalue weighted by molar-refractivity contribution is 7.89. The average Bonchev–Trinajstić information content (AvgIpc) is 2.44. The third kappa shape index (κ3) is 5.65. The van der Waals surface area contributed by atoms with Crippen molar-refractivity contribution >= 4 is 15.9 Å². The minimum Gasteiger partial charge on any atom is -0.331 e. The number of nitrogens with zero attached hydrogens (tertiary/aromatic N) is 1. The maximum Gasteiger partial charge on any atom is 0.254 e. The van der Waals surface area contributed by atoms with Crippen LogP contribution in [-0.2, 0) is 10.0 Å². The predicted molar refractivity (Wildman–Crippen MR) is 92.8 cm³/mol. The number of sulfonamides is 1. The molecular weight excluding hydrogens is 312 g/mol. The zero-order valence-corrected chi connectivity index (χ0v) is 14.7. The first-order valence-electron chi connectivity index (χ1n) is 7.26. The van der Waals surface area contributed by atoms with Gasteiger partial charge in [0.1, 0.15) is 0 Å². The van der Waals surface area contributed by atoms with Crippen LogP contribution in [0.1, 0.15) is 31.1 Å². The Balaban J connectivity index is 3.02. The Morgan fingerprint density at radius 2 is 1.61 bits per heavy atom. The third-order valence-corrected chi connectivity index (χ3v) is 4.61. The molecule has 0 bridgehead atoms. The molecule has 0 aliphatic rings. The summed E-state index contributed by atoms with van der Waals surface area (Å²) in [6.45, 7) is 13.4. The van der Waals surface area contributed by atoms with Crippen LogP contribution in [0.25, 0.3) is 0 Å². The van der Waals surface area contributed by atoms with E-state index >= 15 is 0 Å². The fourth-order valence-electron chi connectivity index (χ4n) is 1.97. The van der Waals surface area contributed by atoms with Crippen molar-refractivity contribution in [2.24, 2.45) is 0 Å². The van der Waals surface area contributed by atoms with Crippen molar-refractivity contribution in [1.29, 1.82) is 0 Å². The van der Waals surface area contributed by atoms with E-state index in [0.717, 1.165) is 0 Å². The van der Waals surface area contributed by atoms with Gasteiger partial charge < -0.3 is 4.90 Å². The molecule has 23 heavy (non-hydrogen) atoms. The van der Waals surface area contributed by atoms with Crippen molar-refractivity contribution in [1.82, 2.24) is 9.62 Å². The maximum atomic E-state index is 12.4. The summed E-state index contributed by atoms with van der Waals surface area (Å²) in [6.07, 6.45) is 3.26. The quantitative estimate of drug-likeness (QED) is 0.778. The Kier molecular flexibility index (Phi) is 6.29. The zero-order chi connectivity index (χ0) is 17.7. The molecule has 1 rings (SSSR count). The van der Waals surface area contributed by atoms with Crippen LogP contribution in [0.2, 0.25) is 0 Å². The lowest BCUT2D eigenvalue weighted by Crippen LogP contribution is -2.40. The highest BCUT2D eigenvalue weighted by Gasteiger charge is 2.22. The SMILES string of the molecule is C=CCN(CC=C)C(=O)c1ccc(S(=O)(=O)NC(C)(C)C)cc1. The molecule has 0 unspecified atom stereocenters. The van der Waals surface area contributed by atoms with Gasteiger partial charge in [-0.25, -0.2) is 13.1 Å². The molecule has 0 atom stereocenters. The Morgan fingerprint density at radius 1 is 1.13 bits per heavy atom. The van der Waals surface area contributed by atoms with Crippen molar-refractivity contribution in [2.75, 3.05) is 13.1 Å². The van der Waals surface area contributed by atoms with E-state index in [2.05, 4.69) is 17.9 Å². The molecule has 0 aromatic heterocycles. The van der Waals surface area contributed by atoms with Crippen LogP contribution in [0.15, 0.2) is 54.5 Å². The monoisotopic (exact) mass is 336 g/mol. The predicted octanol–water partition coefficient (Wildman–Crippen LogP) is 2.58. The lowest BCUT2D eigenvalue weighted by Gasteiger charge is -2.21. The van der Waals surface area contributed by atoms with Crippen LogP contribution in [0.3, 0.4) is 0 Å².